The van der Waals surface area contributed by atoms with Gasteiger partial charge in [0, 0.05) is 30.5 Å². The van der Waals surface area contributed by atoms with Gasteiger partial charge in [-0.2, -0.15) is 13.2 Å². The molecule has 0 radical (unpaired) electrons. The van der Waals surface area contributed by atoms with Crippen LogP contribution in [0.2, 0.25) is 0 Å². The van der Waals surface area contributed by atoms with Crippen LogP contribution in [0.15, 0.2) is 28.5 Å². The Morgan fingerprint density at radius 3 is 2.56 bits per heavy atom. The van der Waals surface area contributed by atoms with Crippen LogP contribution in [0.3, 0.4) is 0 Å². The molecule has 0 spiro atoms. The van der Waals surface area contributed by atoms with Crippen LogP contribution in [0, 0.1) is 17.0 Å². The largest absolute Gasteiger partial charge is 0.417 e. The van der Waals surface area contributed by atoms with Crippen molar-refractivity contribution in [3.8, 4) is 0 Å². The number of aromatic nitrogens is 1. The standard InChI is InChI=1S/C13H12F3N3O4S2/c1-8-18-9(7-24-8)4-5-17-25(22,23)12-3-2-10(19(20)21)6-11(12)13(14,15)16/h2-3,6-7,17H,4-5H2,1H3. The molecule has 12 heteroatoms. The topological polar surface area (TPSA) is 102 Å². The molecule has 0 saturated heterocycles. The number of rotatable bonds is 6. The molecule has 2 aromatic rings. The summed E-state index contributed by atoms with van der Waals surface area (Å²) in [4.78, 5) is 12.7. The molecule has 0 fully saturated rings. The van der Waals surface area contributed by atoms with E-state index in [4.69, 9.17) is 0 Å². The molecular weight excluding hydrogens is 383 g/mol. The number of sulfonamides is 1. The van der Waals surface area contributed by atoms with Crippen LogP contribution in [0.25, 0.3) is 0 Å². The Kier molecular flexibility index (Phi) is 5.44. The minimum Gasteiger partial charge on any atom is -0.258 e. The second-order valence-electron chi connectivity index (χ2n) is 4.94. The molecule has 0 amide bonds. The molecule has 136 valence electrons. The van der Waals surface area contributed by atoms with Crippen LogP contribution >= 0.6 is 11.3 Å². The van der Waals surface area contributed by atoms with Gasteiger partial charge in [0.2, 0.25) is 10.0 Å². The first-order valence-electron chi connectivity index (χ1n) is 6.77. The average molecular weight is 395 g/mol. The van der Waals surface area contributed by atoms with Gasteiger partial charge in [0.05, 0.1) is 26.1 Å². The van der Waals surface area contributed by atoms with Gasteiger partial charge in [0.25, 0.3) is 5.69 Å². The molecule has 7 nitrogen and oxygen atoms in total. The van der Waals surface area contributed by atoms with E-state index in [1.54, 1.807) is 12.3 Å². The molecule has 1 N–H and O–H groups in total. The number of nitro benzene ring substituents is 1. The van der Waals surface area contributed by atoms with Crippen LogP contribution in [0.5, 0.6) is 0 Å². The van der Waals surface area contributed by atoms with Gasteiger partial charge in [0.1, 0.15) is 0 Å². The number of hydrogen-bond donors (Lipinski definition) is 1. The van der Waals surface area contributed by atoms with Crippen LogP contribution in [-0.4, -0.2) is 24.9 Å². The third-order valence-electron chi connectivity index (χ3n) is 3.11. The molecule has 1 heterocycles. The van der Waals surface area contributed by atoms with E-state index in [2.05, 4.69) is 9.71 Å². The maximum absolute atomic E-state index is 13.1. The Morgan fingerprint density at radius 1 is 1.36 bits per heavy atom. The van der Waals surface area contributed by atoms with Gasteiger partial charge in [-0.3, -0.25) is 10.1 Å². The number of non-ortho nitro benzene ring substituents is 1. The van der Waals surface area contributed by atoms with E-state index in [0.717, 1.165) is 5.01 Å². The lowest BCUT2D eigenvalue weighted by Crippen LogP contribution is -2.28. The lowest BCUT2D eigenvalue weighted by Gasteiger charge is -2.13. The maximum atomic E-state index is 13.1. The highest BCUT2D eigenvalue weighted by atomic mass is 32.2. The van der Waals surface area contributed by atoms with E-state index in [1.165, 1.54) is 11.3 Å². The number of nitrogens with one attached hydrogen (secondary N) is 1. The summed E-state index contributed by atoms with van der Waals surface area (Å²) in [5, 5.41) is 13.1. The molecule has 1 aromatic heterocycles. The molecule has 1 aromatic carbocycles. The number of nitrogens with zero attached hydrogens (tertiary/aromatic N) is 2. The Balaban J connectivity index is 2.26. The van der Waals surface area contributed by atoms with Gasteiger partial charge >= 0.3 is 6.18 Å². The normalized spacial score (nSPS) is 12.3. The molecule has 0 aliphatic heterocycles. The summed E-state index contributed by atoms with van der Waals surface area (Å²) in [5.74, 6) is 0. The van der Waals surface area contributed by atoms with Crippen molar-refractivity contribution in [1.82, 2.24) is 9.71 Å². The van der Waals surface area contributed by atoms with Crippen LogP contribution < -0.4 is 4.72 Å². The van der Waals surface area contributed by atoms with E-state index < -0.39 is 37.3 Å². The summed E-state index contributed by atoms with van der Waals surface area (Å²) in [6.45, 7) is 1.62. The molecule has 0 aliphatic carbocycles. The fourth-order valence-corrected chi connectivity index (χ4v) is 3.89. The van der Waals surface area contributed by atoms with Crippen molar-refractivity contribution in [3.05, 3.63) is 50.0 Å². The molecule has 0 aliphatic rings. The zero-order valence-corrected chi connectivity index (χ0v) is 14.3. The smallest absolute Gasteiger partial charge is 0.258 e. The highest BCUT2D eigenvalue weighted by Gasteiger charge is 2.38. The summed E-state index contributed by atoms with van der Waals surface area (Å²) in [6, 6.07) is 1.50. The van der Waals surface area contributed by atoms with Gasteiger partial charge in [0.15, 0.2) is 0 Å². The number of thiazole rings is 1. The molecule has 0 atom stereocenters. The van der Waals surface area contributed by atoms with Gasteiger partial charge in [-0.1, -0.05) is 0 Å². The van der Waals surface area contributed by atoms with Crippen LogP contribution in [0.4, 0.5) is 18.9 Å². The molecule has 0 unspecified atom stereocenters. The molecule has 0 bridgehead atoms. The van der Waals surface area contributed by atoms with E-state index in [0.29, 0.717) is 17.8 Å². The van der Waals surface area contributed by atoms with Gasteiger partial charge in [-0.15, -0.1) is 11.3 Å². The van der Waals surface area contributed by atoms with E-state index in [1.807, 2.05) is 0 Å². The predicted octanol–water partition coefficient (Wildman–Crippen LogP) is 2.90. The first-order valence-corrected chi connectivity index (χ1v) is 9.13. The SMILES string of the molecule is Cc1nc(CCNS(=O)(=O)c2ccc([N+](=O)[O-])cc2C(F)(F)F)cs1. The molecule has 25 heavy (non-hydrogen) atoms. The first-order chi connectivity index (χ1) is 11.5. The second kappa shape index (κ2) is 7.06. The zero-order chi connectivity index (χ0) is 18.8. The summed E-state index contributed by atoms with van der Waals surface area (Å²) < 4.78 is 65.7. The van der Waals surface area contributed by atoms with Gasteiger partial charge in [-0.05, 0) is 13.0 Å². The monoisotopic (exact) mass is 395 g/mol. The summed E-state index contributed by atoms with van der Waals surface area (Å²) in [6.07, 6.45) is -4.85. The van der Waals surface area contributed by atoms with E-state index in [-0.39, 0.29) is 19.0 Å². The van der Waals surface area contributed by atoms with Crippen molar-refractivity contribution in [2.75, 3.05) is 6.54 Å². The minimum absolute atomic E-state index is 0.153. The Hall–Kier alpha value is -2.05. The summed E-state index contributed by atoms with van der Waals surface area (Å²) >= 11 is 1.37. The number of benzene rings is 1. The van der Waals surface area contributed by atoms with Crippen molar-refractivity contribution in [2.24, 2.45) is 0 Å². The lowest BCUT2D eigenvalue weighted by molar-refractivity contribution is -0.385. The fourth-order valence-electron chi connectivity index (χ4n) is 2.00. The highest BCUT2D eigenvalue weighted by Crippen LogP contribution is 2.36. The Labute approximate surface area is 144 Å². The average Bonchev–Trinajstić information content (AvgIpc) is 2.91. The number of halogens is 3. The third kappa shape index (κ3) is 4.74. The first kappa shape index (κ1) is 19.3. The number of nitro groups is 1. The third-order valence-corrected chi connectivity index (χ3v) is 5.45. The second-order valence-corrected chi connectivity index (χ2v) is 7.74. The fraction of sp³-hybridized carbons (Fsp3) is 0.308. The zero-order valence-electron chi connectivity index (χ0n) is 12.7. The Bertz CT molecular complexity index is 894. The highest BCUT2D eigenvalue weighted by molar-refractivity contribution is 7.89. The van der Waals surface area contributed by atoms with Crippen molar-refractivity contribution >= 4 is 27.0 Å². The molecule has 2 rings (SSSR count). The Morgan fingerprint density at radius 2 is 2.04 bits per heavy atom. The van der Waals surface area contributed by atoms with Crippen molar-refractivity contribution in [1.29, 1.82) is 0 Å². The van der Waals surface area contributed by atoms with Crippen LogP contribution in [-0.2, 0) is 22.6 Å². The number of aryl methyl sites for hydroxylation is 1. The van der Waals surface area contributed by atoms with Crippen molar-refractivity contribution < 1.29 is 26.5 Å². The van der Waals surface area contributed by atoms with Gasteiger partial charge in [-0.25, -0.2) is 18.1 Å². The molecule has 0 saturated carbocycles. The van der Waals surface area contributed by atoms with Crippen molar-refractivity contribution in [3.63, 3.8) is 0 Å². The van der Waals surface area contributed by atoms with Gasteiger partial charge < -0.3 is 0 Å². The summed E-state index contributed by atoms with van der Waals surface area (Å²) in [5.41, 5.74) is -1.81. The quantitative estimate of drug-likeness (QED) is 0.599. The lowest BCUT2D eigenvalue weighted by atomic mass is 10.2. The van der Waals surface area contributed by atoms with E-state index >= 15 is 0 Å². The maximum Gasteiger partial charge on any atom is 0.417 e. The summed E-state index contributed by atoms with van der Waals surface area (Å²) in [7, 11) is -4.50. The van der Waals surface area contributed by atoms with Crippen LogP contribution in [0.1, 0.15) is 16.3 Å². The minimum atomic E-state index is -5.05. The number of hydrogen-bond acceptors (Lipinski definition) is 6. The number of alkyl halides is 3. The predicted molar refractivity (Wildman–Crippen MR) is 83.8 cm³/mol. The molecular formula is C13H12F3N3O4S2. The van der Waals surface area contributed by atoms with Crippen molar-refractivity contribution in [2.45, 2.75) is 24.4 Å². The van der Waals surface area contributed by atoms with E-state index in [9.17, 15) is 31.7 Å².